The maximum atomic E-state index is 12.8. The summed E-state index contributed by atoms with van der Waals surface area (Å²) in [6.45, 7) is 0. The van der Waals surface area contributed by atoms with Crippen LogP contribution in [-0.2, 0) is 6.18 Å². The second-order valence-corrected chi connectivity index (χ2v) is 4.91. The number of halogens is 5. The van der Waals surface area contributed by atoms with Crippen molar-refractivity contribution >= 4 is 50.3 Å². The van der Waals surface area contributed by atoms with Crippen molar-refractivity contribution in [3.8, 4) is 0 Å². The minimum absolute atomic E-state index is 0.0366. The second-order valence-electron chi connectivity index (χ2n) is 3.74. The molecule has 2 rings (SSSR count). The number of nitrogens with two attached hydrogens (primary N) is 2. The predicted octanol–water partition coefficient (Wildman–Crippen LogP) is 2.75. The van der Waals surface area contributed by atoms with Gasteiger partial charge in [-0.05, 0) is 22.0 Å². The smallest absolute Gasteiger partial charge is 0.383 e. The molecule has 20 heavy (non-hydrogen) atoms. The molecule has 0 saturated heterocycles. The molecule has 4 N–H and O–H groups in total. The molecule has 0 radical (unpaired) electrons. The van der Waals surface area contributed by atoms with E-state index in [9.17, 15) is 18.0 Å². The number of nitrogen functional groups attached to an aromatic ring is 1. The summed E-state index contributed by atoms with van der Waals surface area (Å²) in [6.07, 6.45) is -4.71. The number of nitrogens with zero attached hydrogens (tertiary/aromatic N) is 2. The van der Waals surface area contributed by atoms with Crippen LogP contribution in [0, 0.1) is 0 Å². The van der Waals surface area contributed by atoms with E-state index in [0.29, 0.717) is 0 Å². The lowest BCUT2D eigenvalue weighted by Gasteiger charge is -2.12. The fourth-order valence-corrected chi connectivity index (χ4v) is 2.28. The molecule has 1 amide bonds. The van der Waals surface area contributed by atoms with Crippen molar-refractivity contribution in [2.45, 2.75) is 6.18 Å². The molecule has 0 aliphatic rings. The van der Waals surface area contributed by atoms with Crippen molar-refractivity contribution in [1.82, 2.24) is 9.97 Å². The Hall–Kier alpha value is -1.61. The summed E-state index contributed by atoms with van der Waals surface area (Å²) in [5.74, 6) is -1.19. The zero-order chi connectivity index (χ0) is 15.2. The molecule has 106 valence electrons. The first-order chi connectivity index (χ1) is 9.12. The van der Waals surface area contributed by atoms with Gasteiger partial charge in [0.15, 0.2) is 11.3 Å². The number of hydrogen-bond acceptors (Lipinski definition) is 4. The molecule has 2 aromatic heterocycles. The van der Waals surface area contributed by atoms with E-state index in [1.165, 1.54) is 0 Å². The van der Waals surface area contributed by atoms with E-state index >= 15 is 0 Å². The van der Waals surface area contributed by atoms with Crippen LogP contribution in [0.2, 0.25) is 5.02 Å². The Morgan fingerprint density at radius 2 is 1.95 bits per heavy atom. The Morgan fingerprint density at radius 1 is 1.35 bits per heavy atom. The van der Waals surface area contributed by atoms with Crippen LogP contribution in [0.15, 0.2) is 10.5 Å². The summed E-state index contributed by atoms with van der Waals surface area (Å²) in [6, 6.07) is 1.15. The molecule has 0 spiro atoms. The molecule has 0 aliphatic carbocycles. The molecule has 0 aliphatic heterocycles. The molecular formula is C10H5BrClF3N4O. The summed E-state index contributed by atoms with van der Waals surface area (Å²) in [5, 5.41) is -0.244. The van der Waals surface area contributed by atoms with E-state index in [1.807, 2.05) is 0 Å². The molecule has 0 fully saturated rings. The van der Waals surface area contributed by atoms with Gasteiger partial charge in [-0.15, -0.1) is 0 Å². The van der Waals surface area contributed by atoms with Crippen LogP contribution >= 0.6 is 27.5 Å². The maximum absolute atomic E-state index is 12.8. The first kappa shape index (κ1) is 14.8. The monoisotopic (exact) mass is 368 g/mol. The number of aromatic nitrogens is 2. The molecule has 0 aromatic carbocycles. The highest BCUT2D eigenvalue weighted by Gasteiger charge is 2.37. The van der Waals surface area contributed by atoms with Crippen molar-refractivity contribution < 1.29 is 18.0 Å². The van der Waals surface area contributed by atoms with E-state index in [2.05, 4.69) is 25.9 Å². The molecule has 2 heterocycles. The topological polar surface area (TPSA) is 94.9 Å². The maximum Gasteiger partial charge on any atom is 0.434 e. The van der Waals surface area contributed by atoms with Crippen molar-refractivity contribution in [3.63, 3.8) is 0 Å². The highest BCUT2D eigenvalue weighted by atomic mass is 79.9. The van der Waals surface area contributed by atoms with Crippen LogP contribution in [-0.4, -0.2) is 15.9 Å². The zero-order valence-electron chi connectivity index (χ0n) is 9.42. The van der Waals surface area contributed by atoms with Gasteiger partial charge < -0.3 is 11.5 Å². The van der Waals surface area contributed by atoms with Gasteiger partial charge in [0, 0.05) is 5.39 Å². The number of alkyl halides is 3. The molecule has 0 unspecified atom stereocenters. The Labute approximate surface area is 123 Å². The molecular weight excluding hydrogens is 364 g/mol. The fraction of sp³-hybridized carbons (Fsp3) is 0.100. The Balaban J connectivity index is 2.88. The van der Waals surface area contributed by atoms with Gasteiger partial charge in [-0.3, -0.25) is 4.79 Å². The quantitative estimate of drug-likeness (QED) is 0.808. The van der Waals surface area contributed by atoms with Gasteiger partial charge in [0.2, 0.25) is 0 Å². The van der Waals surface area contributed by atoms with Crippen LogP contribution < -0.4 is 11.5 Å². The summed E-state index contributed by atoms with van der Waals surface area (Å²) in [5.41, 5.74) is 8.83. The van der Waals surface area contributed by atoms with Gasteiger partial charge in [0.25, 0.3) is 5.91 Å². The third kappa shape index (κ3) is 2.38. The van der Waals surface area contributed by atoms with Gasteiger partial charge >= 0.3 is 6.18 Å². The lowest BCUT2D eigenvalue weighted by Crippen LogP contribution is -2.15. The summed E-state index contributed by atoms with van der Waals surface area (Å²) in [4.78, 5) is 18.1. The molecule has 10 heteroatoms. The first-order valence-corrected chi connectivity index (χ1v) is 6.12. The summed E-state index contributed by atoms with van der Waals surface area (Å²) in [7, 11) is 0. The molecule has 0 bridgehead atoms. The summed E-state index contributed by atoms with van der Waals surface area (Å²) >= 11 is 8.57. The highest BCUT2D eigenvalue weighted by Crippen LogP contribution is 2.40. The van der Waals surface area contributed by atoms with E-state index in [0.717, 1.165) is 6.07 Å². The molecule has 5 nitrogen and oxygen atoms in total. The van der Waals surface area contributed by atoms with Gasteiger partial charge in [-0.25, -0.2) is 9.97 Å². The fourth-order valence-electron chi connectivity index (χ4n) is 1.53. The minimum atomic E-state index is -4.71. The molecule has 2 aromatic rings. The van der Waals surface area contributed by atoms with Crippen molar-refractivity contribution in [2.75, 3.05) is 5.73 Å². The average Bonchev–Trinajstić information content (AvgIpc) is 2.31. The highest BCUT2D eigenvalue weighted by molar-refractivity contribution is 9.10. The number of carbonyl (C=O) groups excluding carboxylic acids is 1. The van der Waals surface area contributed by atoms with E-state index in [1.54, 1.807) is 0 Å². The van der Waals surface area contributed by atoms with Crippen LogP contribution in [0.25, 0.3) is 11.0 Å². The number of hydrogen-bond donors (Lipinski definition) is 2. The standard InChI is InChI=1S/C10H5BrClF3N4O/c11-4-5(12)2-1-3(8(17)20)7(16)19-9(2)18-6(4)10(13,14)15/h1H,(H2,17,20)(H2,16,18,19). The van der Waals surface area contributed by atoms with Crippen LogP contribution in [0.1, 0.15) is 16.1 Å². The van der Waals surface area contributed by atoms with Crippen LogP contribution in [0.3, 0.4) is 0 Å². The number of anilines is 1. The minimum Gasteiger partial charge on any atom is -0.383 e. The van der Waals surface area contributed by atoms with Crippen molar-refractivity contribution in [3.05, 3.63) is 26.8 Å². The number of pyridine rings is 2. The van der Waals surface area contributed by atoms with Gasteiger partial charge in [0.05, 0.1) is 15.1 Å². The van der Waals surface area contributed by atoms with Gasteiger partial charge in [-0.1, -0.05) is 11.6 Å². The molecule has 0 atom stereocenters. The third-order valence-corrected chi connectivity index (χ3v) is 3.81. The van der Waals surface area contributed by atoms with Crippen molar-refractivity contribution in [1.29, 1.82) is 0 Å². The normalized spacial score (nSPS) is 11.8. The Bertz CT molecular complexity index is 735. The second kappa shape index (κ2) is 4.74. The average molecular weight is 370 g/mol. The van der Waals surface area contributed by atoms with Crippen LogP contribution in [0.5, 0.6) is 0 Å². The van der Waals surface area contributed by atoms with E-state index in [4.69, 9.17) is 23.1 Å². The SMILES string of the molecule is NC(=O)c1cc2c(Cl)c(Br)c(C(F)(F)F)nc2nc1N. The number of amides is 1. The van der Waals surface area contributed by atoms with Gasteiger partial charge in [-0.2, -0.15) is 13.2 Å². The first-order valence-electron chi connectivity index (χ1n) is 4.95. The number of rotatable bonds is 1. The summed E-state index contributed by atoms with van der Waals surface area (Å²) < 4.78 is 37.9. The zero-order valence-corrected chi connectivity index (χ0v) is 11.8. The number of fused-ring (bicyclic) bond motifs is 1. The lowest BCUT2D eigenvalue weighted by molar-refractivity contribution is -0.141. The van der Waals surface area contributed by atoms with E-state index in [-0.39, 0.29) is 27.4 Å². The van der Waals surface area contributed by atoms with Gasteiger partial charge in [0.1, 0.15) is 5.82 Å². The van der Waals surface area contributed by atoms with Crippen LogP contribution in [0.4, 0.5) is 19.0 Å². The Kier molecular flexibility index (Phi) is 3.51. The predicted molar refractivity (Wildman–Crippen MR) is 70.2 cm³/mol. The largest absolute Gasteiger partial charge is 0.434 e. The third-order valence-electron chi connectivity index (χ3n) is 2.42. The number of carbonyl (C=O) groups is 1. The number of primary amides is 1. The van der Waals surface area contributed by atoms with E-state index < -0.39 is 22.3 Å². The Morgan fingerprint density at radius 3 is 2.45 bits per heavy atom. The lowest BCUT2D eigenvalue weighted by atomic mass is 10.1. The van der Waals surface area contributed by atoms with Crippen molar-refractivity contribution in [2.24, 2.45) is 5.73 Å². The molecule has 0 saturated carbocycles.